The second-order valence-electron chi connectivity index (χ2n) is 5.61. The van der Waals surface area contributed by atoms with Crippen molar-refractivity contribution >= 4 is 5.91 Å². The monoisotopic (exact) mass is 226 g/mol. The number of carbonyl (C=O) groups is 1. The van der Waals surface area contributed by atoms with Crippen molar-refractivity contribution in [1.29, 1.82) is 0 Å². The maximum absolute atomic E-state index is 11.6. The number of nitrogens with one attached hydrogen (secondary N) is 2. The van der Waals surface area contributed by atoms with Crippen LogP contribution in [0, 0.1) is 5.41 Å². The highest BCUT2D eigenvalue weighted by atomic mass is 16.1. The van der Waals surface area contributed by atoms with Gasteiger partial charge in [0.2, 0.25) is 5.91 Å². The smallest absolute Gasteiger partial charge is 0.221 e. The van der Waals surface area contributed by atoms with E-state index in [0.717, 1.165) is 25.9 Å². The molecule has 3 heteroatoms. The molecule has 1 fully saturated rings. The molecule has 1 rings (SSSR count). The van der Waals surface area contributed by atoms with Crippen molar-refractivity contribution in [3.63, 3.8) is 0 Å². The van der Waals surface area contributed by atoms with Crippen LogP contribution in [0.3, 0.4) is 0 Å². The number of amides is 1. The topological polar surface area (TPSA) is 41.1 Å². The Morgan fingerprint density at radius 3 is 2.50 bits per heavy atom. The maximum atomic E-state index is 11.6. The molecule has 1 amide bonds. The normalized spacial score (nSPS) is 20.7. The Morgan fingerprint density at radius 2 is 1.94 bits per heavy atom. The molecule has 0 aliphatic heterocycles. The Kier molecular flexibility index (Phi) is 5.26. The molecule has 0 spiro atoms. The molecule has 1 aliphatic carbocycles. The van der Waals surface area contributed by atoms with E-state index in [4.69, 9.17) is 0 Å². The molecule has 0 aromatic rings. The Hall–Kier alpha value is -0.570. The minimum Gasteiger partial charge on any atom is -0.353 e. The largest absolute Gasteiger partial charge is 0.353 e. The lowest BCUT2D eigenvalue weighted by molar-refractivity contribution is -0.122. The van der Waals surface area contributed by atoms with Gasteiger partial charge in [-0.2, -0.15) is 0 Å². The van der Waals surface area contributed by atoms with E-state index in [0.29, 0.717) is 17.9 Å². The molecule has 0 aromatic carbocycles. The molecule has 94 valence electrons. The summed E-state index contributed by atoms with van der Waals surface area (Å²) < 4.78 is 0. The summed E-state index contributed by atoms with van der Waals surface area (Å²) >= 11 is 0. The lowest BCUT2D eigenvalue weighted by atomic mass is 9.75. The zero-order chi connectivity index (χ0) is 12.0. The Labute approximate surface area is 99.4 Å². The van der Waals surface area contributed by atoms with Gasteiger partial charge in [0.05, 0.1) is 0 Å². The fourth-order valence-electron chi connectivity index (χ4n) is 2.22. The average molecular weight is 226 g/mol. The fraction of sp³-hybridized carbons (Fsp3) is 0.923. The Morgan fingerprint density at radius 1 is 1.31 bits per heavy atom. The van der Waals surface area contributed by atoms with Gasteiger partial charge in [0, 0.05) is 19.0 Å². The first-order valence-electron chi connectivity index (χ1n) is 6.53. The van der Waals surface area contributed by atoms with Crippen molar-refractivity contribution in [1.82, 2.24) is 10.6 Å². The molecular weight excluding hydrogens is 200 g/mol. The molecule has 0 radical (unpaired) electrons. The molecular formula is C13H26N2O. The van der Waals surface area contributed by atoms with Gasteiger partial charge in [-0.15, -0.1) is 0 Å². The van der Waals surface area contributed by atoms with E-state index in [-0.39, 0.29) is 5.91 Å². The van der Waals surface area contributed by atoms with E-state index in [9.17, 15) is 4.79 Å². The first-order chi connectivity index (χ1) is 7.53. The van der Waals surface area contributed by atoms with Crippen molar-refractivity contribution in [3.8, 4) is 0 Å². The van der Waals surface area contributed by atoms with E-state index in [2.05, 4.69) is 31.4 Å². The third-order valence-corrected chi connectivity index (χ3v) is 3.48. The van der Waals surface area contributed by atoms with Crippen LogP contribution in [0.4, 0.5) is 0 Å². The van der Waals surface area contributed by atoms with Gasteiger partial charge < -0.3 is 10.6 Å². The van der Waals surface area contributed by atoms with Crippen LogP contribution in [0.5, 0.6) is 0 Å². The van der Waals surface area contributed by atoms with Crippen LogP contribution in [-0.2, 0) is 4.79 Å². The van der Waals surface area contributed by atoms with E-state index < -0.39 is 0 Å². The SMILES string of the molecule is CCNCCC(=O)NC1CCC(C)(C)CC1. The van der Waals surface area contributed by atoms with E-state index in [1.807, 2.05) is 0 Å². The summed E-state index contributed by atoms with van der Waals surface area (Å²) in [4.78, 5) is 11.6. The molecule has 0 saturated heterocycles. The van der Waals surface area contributed by atoms with E-state index in [1.165, 1.54) is 12.8 Å². The standard InChI is InChI=1S/C13H26N2O/c1-4-14-10-7-12(16)15-11-5-8-13(2,3)9-6-11/h11,14H,4-10H2,1-3H3,(H,15,16). The third-order valence-electron chi connectivity index (χ3n) is 3.48. The summed E-state index contributed by atoms with van der Waals surface area (Å²) in [6.45, 7) is 8.42. The van der Waals surface area contributed by atoms with Gasteiger partial charge in [0.1, 0.15) is 0 Å². The highest BCUT2D eigenvalue weighted by molar-refractivity contribution is 5.76. The Balaban J connectivity index is 2.16. The van der Waals surface area contributed by atoms with Crippen LogP contribution < -0.4 is 10.6 Å². The first-order valence-corrected chi connectivity index (χ1v) is 6.53. The van der Waals surface area contributed by atoms with Crippen LogP contribution >= 0.6 is 0 Å². The minimum absolute atomic E-state index is 0.200. The quantitative estimate of drug-likeness (QED) is 0.705. The van der Waals surface area contributed by atoms with Crippen LogP contribution in [-0.4, -0.2) is 25.0 Å². The number of hydrogen-bond acceptors (Lipinski definition) is 2. The molecule has 0 aromatic heterocycles. The summed E-state index contributed by atoms with van der Waals surface area (Å²) in [6, 6.07) is 0.419. The fourth-order valence-corrected chi connectivity index (χ4v) is 2.22. The molecule has 16 heavy (non-hydrogen) atoms. The van der Waals surface area contributed by atoms with Gasteiger partial charge in [0.25, 0.3) is 0 Å². The third kappa shape index (κ3) is 4.97. The maximum Gasteiger partial charge on any atom is 0.221 e. The van der Waals surface area contributed by atoms with Crippen molar-refractivity contribution in [2.24, 2.45) is 5.41 Å². The van der Waals surface area contributed by atoms with Crippen LogP contribution in [0.25, 0.3) is 0 Å². The average Bonchev–Trinajstić information content (AvgIpc) is 2.22. The molecule has 0 atom stereocenters. The lowest BCUT2D eigenvalue weighted by Crippen LogP contribution is -2.40. The van der Waals surface area contributed by atoms with Gasteiger partial charge in [-0.25, -0.2) is 0 Å². The predicted molar refractivity (Wildman–Crippen MR) is 67.3 cm³/mol. The second kappa shape index (κ2) is 6.24. The highest BCUT2D eigenvalue weighted by Crippen LogP contribution is 2.34. The zero-order valence-corrected chi connectivity index (χ0v) is 10.9. The highest BCUT2D eigenvalue weighted by Gasteiger charge is 2.27. The van der Waals surface area contributed by atoms with Crippen LogP contribution in [0.1, 0.15) is 52.9 Å². The van der Waals surface area contributed by atoms with Crippen LogP contribution in [0.2, 0.25) is 0 Å². The van der Waals surface area contributed by atoms with Crippen molar-refractivity contribution in [2.45, 2.75) is 58.9 Å². The molecule has 2 N–H and O–H groups in total. The van der Waals surface area contributed by atoms with Crippen molar-refractivity contribution < 1.29 is 4.79 Å². The van der Waals surface area contributed by atoms with Gasteiger partial charge in [-0.1, -0.05) is 20.8 Å². The van der Waals surface area contributed by atoms with Gasteiger partial charge >= 0.3 is 0 Å². The van der Waals surface area contributed by atoms with Crippen molar-refractivity contribution in [3.05, 3.63) is 0 Å². The summed E-state index contributed by atoms with van der Waals surface area (Å²) in [5.41, 5.74) is 0.477. The predicted octanol–water partition coefficient (Wildman–Crippen LogP) is 2.07. The minimum atomic E-state index is 0.200. The number of carbonyl (C=O) groups excluding carboxylic acids is 1. The second-order valence-corrected chi connectivity index (χ2v) is 5.61. The zero-order valence-electron chi connectivity index (χ0n) is 10.9. The molecule has 0 unspecified atom stereocenters. The molecule has 1 saturated carbocycles. The van der Waals surface area contributed by atoms with Crippen molar-refractivity contribution in [2.75, 3.05) is 13.1 Å². The first kappa shape index (κ1) is 13.5. The summed E-state index contributed by atoms with van der Waals surface area (Å²) in [6.07, 6.45) is 5.34. The summed E-state index contributed by atoms with van der Waals surface area (Å²) in [7, 11) is 0. The number of rotatable bonds is 5. The summed E-state index contributed by atoms with van der Waals surface area (Å²) in [5.74, 6) is 0.200. The lowest BCUT2D eigenvalue weighted by Gasteiger charge is -2.34. The number of hydrogen-bond donors (Lipinski definition) is 2. The van der Waals surface area contributed by atoms with E-state index in [1.54, 1.807) is 0 Å². The van der Waals surface area contributed by atoms with Gasteiger partial charge in [-0.05, 0) is 37.6 Å². The van der Waals surface area contributed by atoms with Gasteiger partial charge in [0.15, 0.2) is 0 Å². The molecule has 1 aliphatic rings. The molecule has 0 heterocycles. The van der Waals surface area contributed by atoms with E-state index >= 15 is 0 Å². The summed E-state index contributed by atoms with van der Waals surface area (Å²) in [5, 5.41) is 6.31. The molecule has 3 nitrogen and oxygen atoms in total. The van der Waals surface area contributed by atoms with Crippen LogP contribution in [0.15, 0.2) is 0 Å². The molecule has 0 bridgehead atoms. The van der Waals surface area contributed by atoms with Gasteiger partial charge in [-0.3, -0.25) is 4.79 Å². The Bertz CT molecular complexity index is 216.